The van der Waals surface area contributed by atoms with E-state index in [0.29, 0.717) is 19.1 Å². The predicted molar refractivity (Wildman–Crippen MR) is 90.6 cm³/mol. The second kappa shape index (κ2) is 7.66. The molecule has 6 nitrogen and oxygen atoms in total. The summed E-state index contributed by atoms with van der Waals surface area (Å²) in [4.78, 5) is 25.2. The van der Waals surface area contributed by atoms with Crippen LogP contribution < -0.4 is 5.32 Å². The number of carbonyl (C=O) groups excluding carboxylic acids is 1. The highest BCUT2D eigenvalue weighted by molar-refractivity contribution is 5.80. The summed E-state index contributed by atoms with van der Waals surface area (Å²) in [5.41, 5.74) is 2.02. The van der Waals surface area contributed by atoms with E-state index in [-0.39, 0.29) is 5.91 Å². The Balaban J connectivity index is 1.43. The molecule has 1 aliphatic heterocycles. The average Bonchev–Trinajstić information content (AvgIpc) is 3.38. The van der Waals surface area contributed by atoms with Gasteiger partial charge >= 0.3 is 0 Å². The van der Waals surface area contributed by atoms with Gasteiger partial charge in [0.1, 0.15) is 0 Å². The molecule has 0 unspecified atom stereocenters. The second-order valence-corrected chi connectivity index (χ2v) is 6.38. The van der Waals surface area contributed by atoms with E-state index in [4.69, 9.17) is 0 Å². The SMILES string of the molecule is CN1CCN(C(=O)CNCc2cc(/C=N/C3CC3)ccn2)CC1. The van der Waals surface area contributed by atoms with Gasteiger partial charge in [0.15, 0.2) is 0 Å². The van der Waals surface area contributed by atoms with Gasteiger partial charge in [-0.2, -0.15) is 0 Å². The van der Waals surface area contributed by atoms with E-state index < -0.39 is 0 Å². The lowest BCUT2D eigenvalue weighted by atomic mass is 10.2. The number of aliphatic imine (C=N–C) groups is 1. The molecule has 0 radical (unpaired) electrons. The standard InChI is InChI=1S/C17H25N5O/c1-21-6-8-22(9-7-21)17(23)13-18-12-16-10-14(4-5-19-16)11-20-15-2-3-15/h4-5,10-11,15,18H,2-3,6-9,12-13H2,1H3/b20-11+. The fourth-order valence-electron chi connectivity index (χ4n) is 2.55. The highest BCUT2D eigenvalue weighted by Gasteiger charge is 2.19. The minimum Gasteiger partial charge on any atom is -0.339 e. The molecule has 3 rings (SSSR count). The van der Waals surface area contributed by atoms with Gasteiger partial charge in [0.25, 0.3) is 0 Å². The number of carbonyl (C=O) groups is 1. The monoisotopic (exact) mass is 315 g/mol. The number of hydrogen-bond donors (Lipinski definition) is 1. The number of likely N-dealkylation sites (N-methyl/N-ethyl adjacent to an activating group) is 1. The molecule has 1 amide bonds. The Hall–Kier alpha value is -1.79. The van der Waals surface area contributed by atoms with E-state index in [2.05, 4.69) is 27.2 Å². The molecule has 6 heteroatoms. The molecule has 23 heavy (non-hydrogen) atoms. The van der Waals surface area contributed by atoms with Gasteiger partial charge in [0, 0.05) is 45.1 Å². The first-order chi connectivity index (χ1) is 11.2. The number of aromatic nitrogens is 1. The molecule has 2 aliphatic rings. The maximum Gasteiger partial charge on any atom is 0.236 e. The molecule has 1 saturated heterocycles. The van der Waals surface area contributed by atoms with Crippen LogP contribution >= 0.6 is 0 Å². The van der Waals surface area contributed by atoms with Crippen LogP contribution in [0.3, 0.4) is 0 Å². The van der Waals surface area contributed by atoms with E-state index in [0.717, 1.165) is 37.4 Å². The summed E-state index contributed by atoms with van der Waals surface area (Å²) in [5.74, 6) is 0.171. The Morgan fingerprint density at radius 2 is 2.17 bits per heavy atom. The molecule has 1 aromatic rings. The lowest BCUT2D eigenvalue weighted by Gasteiger charge is -2.32. The van der Waals surface area contributed by atoms with Crippen LogP contribution in [0.25, 0.3) is 0 Å². The summed E-state index contributed by atoms with van der Waals surface area (Å²) in [6.45, 7) is 4.52. The van der Waals surface area contributed by atoms with E-state index in [1.165, 1.54) is 12.8 Å². The summed E-state index contributed by atoms with van der Waals surface area (Å²) in [6.07, 6.45) is 6.15. The molecular formula is C17H25N5O. The van der Waals surface area contributed by atoms with Crippen molar-refractivity contribution in [3.8, 4) is 0 Å². The van der Waals surface area contributed by atoms with E-state index in [1.54, 1.807) is 6.20 Å². The topological polar surface area (TPSA) is 60.8 Å². The van der Waals surface area contributed by atoms with Gasteiger partial charge < -0.3 is 15.1 Å². The minimum atomic E-state index is 0.171. The van der Waals surface area contributed by atoms with Crippen molar-refractivity contribution in [3.05, 3.63) is 29.6 Å². The molecule has 2 fully saturated rings. The van der Waals surface area contributed by atoms with Crippen LogP contribution in [0.4, 0.5) is 0 Å². The third-order valence-corrected chi connectivity index (χ3v) is 4.26. The van der Waals surface area contributed by atoms with E-state index >= 15 is 0 Å². The third kappa shape index (κ3) is 5.11. The molecule has 1 aliphatic carbocycles. The summed E-state index contributed by atoms with van der Waals surface area (Å²) >= 11 is 0. The smallest absolute Gasteiger partial charge is 0.236 e. The zero-order chi connectivity index (χ0) is 16.1. The first kappa shape index (κ1) is 16.1. The zero-order valence-electron chi connectivity index (χ0n) is 13.7. The lowest BCUT2D eigenvalue weighted by molar-refractivity contribution is -0.131. The van der Waals surface area contributed by atoms with Gasteiger partial charge in [-0.15, -0.1) is 0 Å². The van der Waals surface area contributed by atoms with Crippen LogP contribution in [0.5, 0.6) is 0 Å². The van der Waals surface area contributed by atoms with Gasteiger partial charge in [-0.05, 0) is 37.6 Å². The fourth-order valence-corrected chi connectivity index (χ4v) is 2.55. The van der Waals surface area contributed by atoms with E-state index in [9.17, 15) is 4.79 Å². The van der Waals surface area contributed by atoms with Gasteiger partial charge in [0.05, 0.1) is 18.3 Å². The molecule has 124 valence electrons. The highest BCUT2D eigenvalue weighted by Crippen LogP contribution is 2.23. The van der Waals surface area contributed by atoms with Crippen molar-refractivity contribution in [2.75, 3.05) is 39.8 Å². The summed E-state index contributed by atoms with van der Waals surface area (Å²) < 4.78 is 0. The largest absolute Gasteiger partial charge is 0.339 e. The number of rotatable bonds is 6. The summed E-state index contributed by atoms with van der Waals surface area (Å²) in [7, 11) is 2.09. The molecule has 1 N–H and O–H groups in total. The Morgan fingerprint density at radius 1 is 1.39 bits per heavy atom. The molecule has 1 saturated carbocycles. The van der Waals surface area contributed by atoms with Crippen LogP contribution in [-0.4, -0.2) is 72.7 Å². The van der Waals surface area contributed by atoms with Crippen molar-refractivity contribution < 1.29 is 4.79 Å². The van der Waals surface area contributed by atoms with Gasteiger partial charge in [0.2, 0.25) is 5.91 Å². The quantitative estimate of drug-likeness (QED) is 0.778. The summed E-state index contributed by atoms with van der Waals surface area (Å²) in [5, 5.41) is 3.20. The van der Waals surface area contributed by atoms with Crippen LogP contribution in [0.15, 0.2) is 23.3 Å². The first-order valence-corrected chi connectivity index (χ1v) is 8.36. The highest BCUT2D eigenvalue weighted by atomic mass is 16.2. The number of nitrogens with one attached hydrogen (secondary N) is 1. The maximum atomic E-state index is 12.1. The van der Waals surface area contributed by atoms with Crippen LogP contribution in [0.2, 0.25) is 0 Å². The van der Waals surface area contributed by atoms with Crippen molar-refractivity contribution in [2.45, 2.75) is 25.4 Å². The minimum absolute atomic E-state index is 0.171. The lowest BCUT2D eigenvalue weighted by Crippen LogP contribution is -2.49. The molecule has 0 bridgehead atoms. The van der Waals surface area contributed by atoms with Crippen LogP contribution in [0, 0.1) is 0 Å². The molecule has 0 atom stereocenters. The van der Waals surface area contributed by atoms with Crippen molar-refractivity contribution in [2.24, 2.45) is 4.99 Å². The molecule has 1 aromatic heterocycles. The van der Waals surface area contributed by atoms with Gasteiger partial charge in [-0.3, -0.25) is 14.8 Å². The number of hydrogen-bond acceptors (Lipinski definition) is 5. The average molecular weight is 315 g/mol. The van der Waals surface area contributed by atoms with E-state index in [1.807, 2.05) is 23.2 Å². The Labute approximate surface area is 137 Å². The zero-order valence-corrected chi connectivity index (χ0v) is 13.7. The van der Waals surface area contributed by atoms with Crippen molar-refractivity contribution >= 4 is 12.1 Å². The Kier molecular flexibility index (Phi) is 5.35. The Bertz CT molecular complexity index is 562. The fraction of sp³-hybridized carbons (Fsp3) is 0.588. The molecular weight excluding hydrogens is 290 g/mol. The number of piperazine rings is 1. The van der Waals surface area contributed by atoms with Gasteiger partial charge in [-0.1, -0.05) is 0 Å². The number of nitrogens with zero attached hydrogens (tertiary/aromatic N) is 4. The second-order valence-electron chi connectivity index (χ2n) is 6.38. The van der Waals surface area contributed by atoms with Crippen molar-refractivity contribution in [1.29, 1.82) is 0 Å². The predicted octanol–water partition coefficient (Wildman–Crippen LogP) is 0.527. The van der Waals surface area contributed by atoms with Gasteiger partial charge in [-0.25, -0.2) is 0 Å². The first-order valence-electron chi connectivity index (χ1n) is 8.36. The number of amides is 1. The summed E-state index contributed by atoms with van der Waals surface area (Å²) in [6, 6.07) is 4.52. The molecule has 0 spiro atoms. The van der Waals surface area contributed by atoms with Crippen molar-refractivity contribution in [3.63, 3.8) is 0 Å². The number of pyridine rings is 1. The van der Waals surface area contributed by atoms with Crippen LogP contribution in [-0.2, 0) is 11.3 Å². The third-order valence-electron chi connectivity index (χ3n) is 4.26. The Morgan fingerprint density at radius 3 is 2.91 bits per heavy atom. The molecule has 2 heterocycles. The maximum absolute atomic E-state index is 12.1. The van der Waals surface area contributed by atoms with Crippen LogP contribution in [0.1, 0.15) is 24.1 Å². The molecule has 0 aromatic carbocycles. The van der Waals surface area contributed by atoms with Crippen molar-refractivity contribution in [1.82, 2.24) is 20.1 Å². The normalized spacial score (nSPS) is 19.4.